The van der Waals surface area contributed by atoms with Gasteiger partial charge in [0.15, 0.2) is 0 Å². The summed E-state index contributed by atoms with van der Waals surface area (Å²) >= 11 is 0. The molecule has 0 bridgehead atoms. The van der Waals surface area contributed by atoms with Crippen LogP contribution in [-0.4, -0.2) is 31.7 Å². The number of hydrogen-bond donors (Lipinski definition) is 0. The van der Waals surface area contributed by atoms with Crippen LogP contribution in [0.1, 0.15) is 0 Å². The maximum atomic E-state index is 8.35. The van der Waals surface area contributed by atoms with E-state index in [1.54, 1.807) is 0 Å². The predicted octanol–water partition coefficient (Wildman–Crippen LogP) is -2.55. The van der Waals surface area contributed by atoms with Gasteiger partial charge in [-0.1, -0.05) is 0 Å². The van der Waals surface area contributed by atoms with Gasteiger partial charge >= 0.3 is 26.2 Å². The van der Waals surface area contributed by atoms with Crippen LogP contribution in [0.3, 0.4) is 0 Å². The Bertz CT molecular complexity index is 50.4. The van der Waals surface area contributed by atoms with Crippen LogP contribution in [-0.2, 0) is 13.7 Å². The first kappa shape index (κ1) is 29.6. The standard InChI is InChI=1S/Bi.3HO2P.H2O/c;3*1-3-2;/h;3*(H,1,2);1H2/q+3;;;;/p-3. The van der Waals surface area contributed by atoms with E-state index in [9.17, 15) is 0 Å². The minimum absolute atomic E-state index is 0. The van der Waals surface area contributed by atoms with E-state index >= 15 is 0 Å². The van der Waals surface area contributed by atoms with Crippen LogP contribution < -0.4 is 14.7 Å². The molecule has 0 amide bonds. The zero-order valence-corrected chi connectivity index (χ0v) is 10.9. The Morgan fingerprint density at radius 2 is 0.727 bits per heavy atom. The van der Waals surface area contributed by atoms with E-state index in [-0.39, 0.29) is 31.7 Å². The molecule has 0 spiro atoms. The topological polar surface area (TPSA) is 152 Å². The van der Waals surface area contributed by atoms with Gasteiger partial charge in [0.1, 0.15) is 0 Å². The first-order valence-electron chi connectivity index (χ1n) is 1.10. The molecule has 0 saturated heterocycles. The molecule has 0 atom stereocenters. The summed E-state index contributed by atoms with van der Waals surface area (Å²) in [6, 6.07) is 0. The van der Waals surface area contributed by atoms with Crippen molar-refractivity contribution in [3.05, 3.63) is 0 Å². The van der Waals surface area contributed by atoms with Crippen LogP contribution in [0.5, 0.6) is 0 Å². The summed E-state index contributed by atoms with van der Waals surface area (Å²) in [5.74, 6) is 0. The van der Waals surface area contributed by atoms with E-state index in [4.69, 9.17) is 28.4 Å². The Morgan fingerprint density at radius 3 is 0.727 bits per heavy atom. The molecule has 0 unspecified atom stereocenters. The average Bonchev–Trinajstić information content (AvgIpc) is 1.70. The van der Waals surface area contributed by atoms with Gasteiger partial charge in [-0.3, -0.25) is 13.7 Å². The first-order chi connectivity index (χ1) is 4.24. The SMILES string of the molecule is O.O=P[O-].O=P[O-].O=P[O-].[Bi+3]. The van der Waals surface area contributed by atoms with E-state index in [0.29, 0.717) is 0 Å². The van der Waals surface area contributed by atoms with E-state index in [2.05, 4.69) is 0 Å². The fourth-order valence-corrected chi connectivity index (χ4v) is 0. The molecule has 0 aromatic rings. The molecule has 0 aliphatic heterocycles. The quantitative estimate of drug-likeness (QED) is 0.313. The second-order valence-electron chi connectivity index (χ2n) is 0.224. The fraction of sp³-hybridized carbons (Fsp3) is 0. The molecule has 7 nitrogen and oxygen atoms in total. The molecule has 2 radical (unpaired) electrons. The number of rotatable bonds is 0. The minimum Gasteiger partial charge on any atom is -0.772 e. The molecule has 0 fully saturated rings. The molecule has 0 aromatic carbocycles. The molecule has 0 saturated carbocycles. The molecule has 0 aliphatic rings. The third-order valence-corrected chi connectivity index (χ3v) is 0. The van der Waals surface area contributed by atoms with Crippen molar-refractivity contribution in [2.24, 2.45) is 0 Å². The van der Waals surface area contributed by atoms with Crippen molar-refractivity contribution in [2.75, 3.05) is 0 Å². The van der Waals surface area contributed by atoms with E-state index in [1.165, 1.54) is 0 Å². The van der Waals surface area contributed by atoms with Crippen LogP contribution >= 0.6 is 26.1 Å². The first-order valence-corrected chi connectivity index (χ1v) is 3.29. The van der Waals surface area contributed by atoms with Gasteiger partial charge < -0.3 is 20.2 Å². The Hall–Kier alpha value is 1.02. The van der Waals surface area contributed by atoms with Gasteiger partial charge in [-0.2, -0.15) is 0 Å². The maximum absolute atomic E-state index is 8.35. The second-order valence-corrected chi connectivity index (χ2v) is 0.671. The third-order valence-electron chi connectivity index (χ3n) is 0. The van der Waals surface area contributed by atoms with E-state index < -0.39 is 26.1 Å². The molecule has 11 heteroatoms. The number of hydrogen-bond acceptors (Lipinski definition) is 6. The van der Waals surface area contributed by atoms with E-state index in [0.717, 1.165) is 0 Å². The largest absolute Gasteiger partial charge is 3.00 e. The summed E-state index contributed by atoms with van der Waals surface area (Å²) in [6.45, 7) is 0. The van der Waals surface area contributed by atoms with Crippen molar-refractivity contribution in [2.45, 2.75) is 0 Å². The molecule has 0 heterocycles. The Kier molecular flexibility index (Phi) is 184. The zero-order chi connectivity index (χ0) is 8.12. The molecule has 2 N–H and O–H groups in total. The van der Waals surface area contributed by atoms with Crippen molar-refractivity contribution in [1.29, 1.82) is 0 Å². The van der Waals surface area contributed by atoms with Crippen molar-refractivity contribution in [3.8, 4) is 0 Å². The summed E-state index contributed by atoms with van der Waals surface area (Å²) in [5, 5.41) is 0. The van der Waals surface area contributed by atoms with Crippen molar-refractivity contribution in [3.63, 3.8) is 0 Å². The molecule has 0 aromatic heterocycles. The van der Waals surface area contributed by atoms with Gasteiger partial charge in [0.25, 0.3) is 0 Å². The fourth-order valence-electron chi connectivity index (χ4n) is 0. The summed E-state index contributed by atoms with van der Waals surface area (Å²) < 4.78 is 25.0. The monoisotopic (exact) mass is 416 g/mol. The van der Waals surface area contributed by atoms with Gasteiger partial charge in [-0.25, -0.2) is 0 Å². The molecular weight excluding hydrogens is 414 g/mol. The van der Waals surface area contributed by atoms with Crippen LogP contribution in [0, 0.1) is 0 Å². The Labute approximate surface area is 86.1 Å². The smallest absolute Gasteiger partial charge is 0.772 e. The Morgan fingerprint density at radius 1 is 0.727 bits per heavy atom. The predicted molar refractivity (Wildman–Crippen MR) is 32.2 cm³/mol. The van der Waals surface area contributed by atoms with Crippen LogP contribution in [0.4, 0.5) is 0 Å². The van der Waals surface area contributed by atoms with Crippen LogP contribution in [0.25, 0.3) is 0 Å². The van der Waals surface area contributed by atoms with Gasteiger partial charge in [0.05, 0.1) is 26.1 Å². The van der Waals surface area contributed by atoms with Crippen molar-refractivity contribution in [1.82, 2.24) is 0 Å². The summed E-state index contributed by atoms with van der Waals surface area (Å²) in [6.07, 6.45) is 0. The summed E-state index contributed by atoms with van der Waals surface area (Å²) in [7, 11) is -3.25. The molecular formula is H2BiO7P3. The average molecular weight is 416 g/mol. The zero-order valence-electron chi connectivity index (χ0n) is 4.74. The van der Waals surface area contributed by atoms with Gasteiger partial charge in [0.2, 0.25) is 0 Å². The normalized spacial score (nSPS) is 5.73. The van der Waals surface area contributed by atoms with Gasteiger partial charge in [-0.15, -0.1) is 0 Å². The van der Waals surface area contributed by atoms with Crippen molar-refractivity contribution < 1.29 is 33.9 Å². The molecule has 0 aliphatic carbocycles. The summed E-state index contributed by atoms with van der Waals surface area (Å²) in [5.41, 5.74) is 0. The van der Waals surface area contributed by atoms with Crippen molar-refractivity contribution >= 4 is 52.3 Å². The Balaban J connectivity index is -0.0000000150. The summed E-state index contributed by atoms with van der Waals surface area (Å²) in [4.78, 5) is 25.0. The molecule has 0 rings (SSSR count). The van der Waals surface area contributed by atoms with Crippen LogP contribution in [0.2, 0.25) is 0 Å². The maximum Gasteiger partial charge on any atom is 3.00 e. The van der Waals surface area contributed by atoms with E-state index in [1.807, 2.05) is 0 Å². The minimum atomic E-state index is -1.08. The van der Waals surface area contributed by atoms with Gasteiger partial charge in [0, 0.05) is 0 Å². The third kappa shape index (κ3) is 857. The molecule has 64 valence electrons. The van der Waals surface area contributed by atoms with Gasteiger partial charge in [-0.05, 0) is 0 Å². The molecule has 11 heavy (non-hydrogen) atoms. The second kappa shape index (κ2) is 68.4. The van der Waals surface area contributed by atoms with Crippen LogP contribution in [0.15, 0.2) is 0 Å².